The highest BCUT2D eigenvalue weighted by Gasteiger charge is 2.22. The van der Waals surface area contributed by atoms with Crippen LogP contribution in [0.15, 0.2) is 199 Å². The Morgan fingerprint density at radius 1 is 0.327 bits per heavy atom. The molecule has 9 aromatic rings. The third-order valence-electron chi connectivity index (χ3n) is 9.23. The molecule has 0 aliphatic heterocycles. The van der Waals surface area contributed by atoms with Gasteiger partial charge in [0.15, 0.2) is 5.58 Å². The summed E-state index contributed by atoms with van der Waals surface area (Å²) >= 11 is 0. The SMILES string of the molecule is c1ccc(N(c2ccccc2)c2ccc3ccccc3c2-c2ccc(N(c3ccccc3)c3cccc4c3oc3ccccc34)cc2)cc1. The van der Waals surface area contributed by atoms with Gasteiger partial charge in [-0.25, -0.2) is 0 Å². The lowest BCUT2D eigenvalue weighted by Gasteiger charge is -2.29. The number of furan rings is 1. The van der Waals surface area contributed by atoms with Crippen molar-refractivity contribution in [3.8, 4) is 11.1 Å². The highest BCUT2D eigenvalue weighted by atomic mass is 16.3. The molecule has 0 spiro atoms. The van der Waals surface area contributed by atoms with Crippen LogP contribution < -0.4 is 9.80 Å². The molecule has 0 saturated heterocycles. The topological polar surface area (TPSA) is 19.6 Å². The van der Waals surface area contributed by atoms with E-state index >= 15 is 0 Å². The van der Waals surface area contributed by atoms with Gasteiger partial charge in [0, 0.05) is 39.1 Å². The summed E-state index contributed by atoms with van der Waals surface area (Å²) in [5, 5.41) is 4.63. The molecule has 8 aromatic carbocycles. The summed E-state index contributed by atoms with van der Waals surface area (Å²) in [6.07, 6.45) is 0. The van der Waals surface area contributed by atoms with Crippen molar-refractivity contribution < 1.29 is 4.42 Å². The number of fused-ring (bicyclic) bond motifs is 4. The molecule has 0 N–H and O–H groups in total. The van der Waals surface area contributed by atoms with Crippen LogP contribution >= 0.6 is 0 Å². The third kappa shape index (κ3) is 5.09. The Bertz CT molecular complexity index is 2500. The number of hydrogen-bond acceptors (Lipinski definition) is 3. The minimum atomic E-state index is 0.870. The van der Waals surface area contributed by atoms with Crippen molar-refractivity contribution in [3.05, 3.63) is 194 Å². The summed E-state index contributed by atoms with van der Waals surface area (Å²) in [5.41, 5.74) is 10.5. The fraction of sp³-hybridized carbons (Fsp3) is 0. The van der Waals surface area contributed by atoms with Crippen LogP contribution in [0, 0.1) is 0 Å². The van der Waals surface area contributed by atoms with Crippen molar-refractivity contribution in [1.29, 1.82) is 0 Å². The van der Waals surface area contributed by atoms with Crippen LogP contribution in [-0.2, 0) is 0 Å². The van der Waals surface area contributed by atoms with E-state index in [-0.39, 0.29) is 0 Å². The van der Waals surface area contributed by atoms with E-state index in [1.807, 2.05) is 12.1 Å². The minimum absolute atomic E-state index is 0.870. The summed E-state index contributed by atoms with van der Waals surface area (Å²) < 4.78 is 6.53. The first-order valence-corrected chi connectivity index (χ1v) is 16.6. The smallest absolute Gasteiger partial charge is 0.159 e. The first kappa shape index (κ1) is 28.6. The van der Waals surface area contributed by atoms with Gasteiger partial charge in [0.05, 0.1) is 11.4 Å². The Morgan fingerprint density at radius 3 is 1.49 bits per heavy atom. The highest BCUT2D eigenvalue weighted by Crippen LogP contribution is 2.46. The number of anilines is 6. The molecule has 3 heteroatoms. The Hall–Kier alpha value is -6.58. The molecule has 9 rings (SSSR count). The first-order valence-electron chi connectivity index (χ1n) is 16.6. The van der Waals surface area contributed by atoms with Gasteiger partial charge in [-0.05, 0) is 83.1 Å². The molecule has 1 aromatic heterocycles. The van der Waals surface area contributed by atoms with E-state index < -0.39 is 0 Å². The predicted molar refractivity (Wildman–Crippen MR) is 206 cm³/mol. The quantitative estimate of drug-likeness (QED) is 0.175. The second kappa shape index (κ2) is 12.2. The average molecular weight is 629 g/mol. The Labute approximate surface area is 285 Å². The summed E-state index contributed by atoms with van der Waals surface area (Å²) in [7, 11) is 0. The fourth-order valence-electron chi connectivity index (χ4n) is 7.02. The standard InChI is InChI=1S/C46H32N2O/c1-4-16-35(17-5-1)47(36-18-6-2-7-19-36)42-32-29-33-15-10-11-22-39(33)45(42)34-27-30-38(31-28-34)48(37-20-8-3-9-21-37)43-25-14-24-41-40-23-12-13-26-44(40)49-46(41)43/h1-32H. The molecule has 0 aliphatic carbocycles. The van der Waals surface area contributed by atoms with Gasteiger partial charge in [0.1, 0.15) is 5.58 Å². The number of rotatable bonds is 7. The van der Waals surface area contributed by atoms with E-state index in [1.165, 1.54) is 16.3 Å². The summed E-state index contributed by atoms with van der Waals surface area (Å²) in [4.78, 5) is 4.65. The lowest BCUT2D eigenvalue weighted by molar-refractivity contribution is 0.669. The maximum absolute atomic E-state index is 6.53. The second-order valence-electron chi connectivity index (χ2n) is 12.2. The monoisotopic (exact) mass is 628 g/mol. The van der Waals surface area contributed by atoms with Gasteiger partial charge in [0.2, 0.25) is 0 Å². The second-order valence-corrected chi connectivity index (χ2v) is 12.2. The van der Waals surface area contributed by atoms with Crippen molar-refractivity contribution >= 4 is 66.8 Å². The average Bonchev–Trinajstić information content (AvgIpc) is 3.56. The van der Waals surface area contributed by atoms with E-state index in [0.29, 0.717) is 0 Å². The molecular weight excluding hydrogens is 597 g/mol. The van der Waals surface area contributed by atoms with Gasteiger partial charge >= 0.3 is 0 Å². The van der Waals surface area contributed by atoms with Crippen LogP contribution in [0.2, 0.25) is 0 Å². The van der Waals surface area contributed by atoms with Crippen molar-refractivity contribution in [2.45, 2.75) is 0 Å². The summed E-state index contributed by atoms with van der Waals surface area (Å²) in [6, 6.07) is 68.5. The molecule has 49 heavy (non-hydrogen) atoms. The predicted octanol–water partition coefficient (Wildman–Crippen LogP) is 13.3. The lowest BCUT2D eigenvalue weighted by atomic mass is 9.94. The first-order chi connectivity index (χ1) is 24.3. The Balaban J connectivity index is 1.23. The van der Waals surface area contributed by atoms with Gasteiger partial charge in [0.25, 0.3) is 0 Å². The molecule has 0 aliphatic rings. The summed E-state index contributed by atoms with van der Waals surface area (Å²) in [6.45, 7) is 0. The summed E-state index contributed by atoms with van der Waals surface area (Å²) in [5.74, 6) is 0. The van der Waals surface area contributed by atoms with Crippen molar-refractivity contribution in [1.82, 2.24) is 0 Å². The zero-order valence-electron chi connectivity index (χ0n) is 26.8. The number of para-hydroxylation sites is 5. The minimum Gasteiger partial charge on any atom is -0.454 e. The molecule has 0 amide bonds. The highest BCUT2D eigenvalue weighted by molar-refractivity contribution is 6.10. The van der Waals surface area contributed by atoms with Gasteiger partial charge in [-0.2, -0.15) is 0 Å². The number of hydrogen-bond donors (Lipinski definition) is 0. The van der Waals surface area contributed by atoms with Gasteiger partial charge in [-0.1, -0.05) is 127 Å². The molecule has 232 valence electrons. The van der Waals surface area contributed by atoms with Crippen LogP contribution in [0.4, 0.5) is 34.1 Å². The van der Waals surface area contributed by atoms with Crippen molar-refractivity contribution in [3.63, 3.8) is 0 Å². The fourth-order valence-corrected chi connectivity index (χ4v) is 7.02. The van der Waals surface area contributed by atoms with Gasteiger partial charge < -0.3 is 14.2 Å². The zero-order chi connectivity index (χ0) is 32.6. The molecule has 1 heterocycles. The number of benzene rings is 8. The maximum Gasteiger partial charge on any atom is 0.159 e. The lowest BCUT2D eigenvalue weighted by Crippen LogP contribution is -2.11. The molecule has 0 fully saturated rings. The van der Waals surface area contributed by atoms with Crippen LogP contribution in [0.1, 0.15) is 0 Å². The van der Waals surface area contributed by atoms with E-state index in [9.17, 15) is 0 Å². The third-order valence-corrected chi connectivity index (χ3v) is 9.23. The Kier molecular flexibility index (Phi) is 7.14. The molecular formula is C46H32N2O. The van der Waals surface area contributed by atoms with Crippen LogP contribution in [0.5, 0.6) is 0 Å². The van der Waals surface area contributed by atoms with E-state index in [1.54, 1.807) is 0 Å². The van der Waals surface area contributed by atoms with Gasteiger partial charge in [-0.3, -0.25) is 0 Å². The zero-order valence-corrected chi connectivity index (χ0v) is 26.8. The van der Waals surface area contributed by atoms with Crippen LogP contribution in [0.25, 0.3) is 43.8 Å². The van der Waals surface area contributed by atoms with Crippen LogP contribution in [0.3, 0.4) is 0 Å². The van der Waals surface area contributed by atoms with Crippen molar-refractivity contribution in [2.24, 2.45) is 0 Å². The molecule has 0 saturated carbocycles. The normalized spacial score (nSPS) is 11.3. The molecule has 0 radical (unpaired) electrons. The Morgan fingerprint density at radius 2 is 0.837 bits per heavy atom. The van der Waals surface area contributed by atoms with Gasteiger partial charge in [-0.15, -0.1) is 0 Å². The number of nitrogens with zero attached hydrogens (tertiary/aromatic N) is 2. The van der Waals surface area contributed by atoms with E-state index in [0.717, 1.165) is 61.6 Å². The van der Waals surface area contributed by atoms with E-state index in [2.05, 4.69) is 192 Å². The van der Waals surface area contributed by atoms with Crippen LogP contribution in [-0.4, -0.2) is 0 Å². The molecule has 0 unspecified atom stereocenters. The van der Waals surface area contributed by atoms with E-state index in [4.69, 9.17) is 4.42 Å². The largest absolute Gasteiger partial charge is 0.454 e. The van der Waals surface area contributed by atoms with Crippen molar-refractivity contribution in [2.75, 3.05) is 9.80 Å². The molecule has 0 bridgehead atoms. The molecule has 3 nitrogen and oxygen atoms in total. The maximum atomic E-state index is 6.53. The molecule has 0 atom stereocenters.